The Labute approximate surface area is 122 Å². The minimum absolute atomic E-state index is 0.180. The normalized spacial score (nSPS) is 12.5. The monoisotopic (exact) mass is 299 g/mol. The molecule has 4 heterocycles. The standard InChI is InChI=1S/C14H9N3O3S/c1-8-4-5-9(20-8)7-11-13(18)17-12(10-3-2-6-19-10)15-16-14(17)21-11/h2-7H,1H3. The van der Waals surface area contributed by atoms with Crippen LogP contribution in [0, 0.1) is 6.92 Å². The highest BCUT2D eigenvalue weighted by Crippen LogP contribution is 2.18. The quantitative estimate of drug-likeness (QED) is 0.565. The van der Waals surface area contributed by atoms with Crippen molar-refractivity contribution in [3.05, 3.63) is 56.9 Å². The molecule has 0 aliphatic heterocycles. The molecule has 0 aromatic carbocycles. The van der Waals surface area contributed by atoms with Gasteiger partial charge in [0.15, 0.2) is 5.76 Å². The Hall–Kier alpha value is -2.67. The van der Waals surface area contributed by atoms with E-state index in [1.165, 1.54) is 22.0 Å². The maximum atomic E-state index is 12.5. The van der Waals surface area contributed by atoms with Gasteiger partial charge in [-0.1, -0.05) is 11.3 Å². The number of aromatic nitrogens is 3. The molecule has 21 heavy (non-hydrogen) atoms. The van der Waals surface area contributed by atoms with Crippen molar-refractivity contribution < 1.29 is 8.83 Å². The van der Waals surface area contributed by atoms with Crippen molar-refractivity contribution in [2.24, 2.45) is 0 Å². The fourth-order valence-corrected chi connectivity index (χ4v) is 2.98. The Morgan fingerprint density at radius 3 is 2.90 bits per heavy atom. The summed E-state index contributed by atoms with van der Waals surface area (Å²) in [4.78, 5) is 13.0. The lowest BCUT2D eigenvalue weighted by atomic mass is 10.4. The third-order valence-corrected chi connectivity index (χ3v) is 3.98. The summed E-state index contributed by atoms with van der Waals surface area (Å²) in [7, 11) is 0. The zero-order valence-electron chi connectivity index (χ0n) is 10.9. The van der Waals surface area contributed by atoms with Crippen molar-refractivity contribution >= 4 is 22.4 Å². The lowest BCUT2D eigenvalue weighted by molar-refractivity contribution is 0.525. The van der Waals surface area contributed by atoms with Gasteiger partial charge >= 0.3 is 0 Å². The van der Waals surface area contributed by atoms with Crippen molar-refractivity contribution in [2.75, 3.05) is 0 Å². The first-order valence-corrected chi connectivity index (χ1v) is 7.04. The van der Waals surface area contributed by atoms with Crippen LogP contribution >= 0.6 is 11.3 Å². The van der Waals surface area contributed by atoms with Crippen molar-refractivity contribution in [1.29, 1.82) is 0 Å². The van der Waals surface area contributed by atoms with Gasteiger partial charge in [-0.2, -0.15) is 0 Å². The molecule has 4 aromatic rings. The molecule has 0 radical (unpaired) electrons. The average Bonchev–Trinajstić information content (AvgIpc) is 3.19. The van der Waals surface area contributed by atoms with Crippen LogP contribution in [0.4, 0.5) is 0 Å². The Morgan fingerprint density at radius 1 is 1.29 bits per heavy atom. The fraction of sp³-hybridized carbons (Fsp3) is 0.0714. The second-order valence-corrected chi connectivity index (χ2v) is 5.49. The van der Waals surface area contributed by atoms with Crippen molar-refractivity contribution in [1.82, 2.24) is 14.6 Å². The van der Waals surface area contributed by atoms with E-state index in [1.54, 1.807) is 18.2 Å². The molecule has 0 aliphatic rings. The van der Waals surface area contributed by atoms with Crippen LogP contribution in [0.25, 0.3) is 22.6 Å². The highest BCUT2D eigenvalue weighted by Gasteiger charge is 2.15. The van der Waals surface area contributed by atoms with Crippen LogP contribution in [0.2, 0.25) is 0 Å². The van der Waals surface area contributed by atoms with E-state index in [0.29, 0.717) is 26.8 Å². The van der Waals surface area contributed by atoms with E-state index >= 15 is 0 Å². The predicted octanol–water partition coefficient (Wildman–Crippen LogP) is 1.86. The summed E-state index contributed by atoms with van der Waals surface area (Å²) in [5.41, 5.74) is -0.180. The highest BCUT2D eigenvalue weighted by atomic mass is 32.1. The molecule has 0 saturated carbocycles. The molecule has 104 valence electrons. The van der Waals surface area contributed by atoms with Crippen LogP contribution in [-0.2, 0) is 0 Å². The second kappa shape index (κ2) is 4.42. The largest absolute Gasteiger partial charge is 0.462 e. The van der Waals surface area contributed by atoms with E-state index in [9.17, 15) is 4.79 Å². The van der Waals surface area contributed by atoms with Gasteiger partial charge in [-0.05, 0) is 31.2 Å². The molecule has 0 N–H and O–H groups in total. The van der Waals surface area contributed by atoms with Gasteiger partial charge in [0, 0.05) is 6.08 Å². The first-order chi connectivity index (χ1) is 10.2. The summed E-state index contributed by atoms with van der Waals surface area (Å²) in [6, 6.07) is 7.16. The van der Waals surface area contributed by atoms with Gasteiger partial charge in [0.25, 0.3) is 5.56 Å². The highest BCUT2D eigenvalue weighted by molar-refractivity contribution is 7.15. The number of hydrogen-bond donors (Lipinski definition) is 0. The molecule has 0 bridgehead atoms. The molecule has 0 unspecified atom stereocenters. The Kier molecular flexibility index (Phi) is 2.55. The summed E-state index contributed by atoms with van der Waals surface area (Å²) < 4.78 is 12.7. The van der Waals surface area contributed by atoms with E-state index < -0.39 is 0 Å². The van der Waals surface area contributed by atoms with Crippen LogP contribution in [0.3, 0.4) is 0 Å². The third-order valence-electron chi connectivity index (χ3n) is 3.02. The summed E-state index contributed by atoms with van der Waals surface area (Å²) in [5, 5.41) is 8.03. The lowest BCUT2D eigenvalue weighted by Gasteiger charge is -1.88. The zero-order chi connectivity index (χ0) is 14.4. The van der Waals surface area contributed by atoms with Gasteiger partial charge in [-0.3, -0.25) is 4.79 Å². The molecular formula is C14H9N3O3S. The maximum absolute atomic E-state index is 12.5. The number of fused-ring (bicyclic) bond motifs is 1. The Bertz CT molecular complexity index is 1020. The van der Waals surface area contributed by atoms with E-state index in [2.05, 4.69) is 10.2 Å². The molecule has 0 aliphatic carbocycles. The second-order valence-electron chi connectivity index (χ2n) is 4.48. The molecule has 0 saturated heterocycles. The van der Waals surface area contributed by atoms with Gasteiger partial charge in [0.05, 0.1) is 6.26 Å². The summed E-state index contributed by atoms with van der Waals surface area (Å²) in [6.07, 6.45) is 3.24. The summed E-state index contributed by atoms with van der Waals surface area (Å²) in [6.45, 7) is 1.86. The van der Waals surface area contributed by atoms with Crippen molar-refractivity contribution in [3.8, 4) is 11.6 Å². The smallest absolute Gasteiger partial charge is 0.276 e. The van der Waals surface area contributed by atoms with Gasteiger partial charge < -0.3 is 8.83 Å². The molecule has 0 spiro atoms. The number of aryl methyl sites for hydroxylation is 1. The average molecular weight is 299 g/mol. The Morgan fingerprint density at radius 2 is 2.19 bits per heavy atom. The van der Waals surface area contributed by atoms with Crippen molar-refractivity contribution in [3.63, 3.8) is 0 Å². The van der Waals surface area contributed by atoms with Gasteiger partial charge in [0.1, 0.15) is 16.1 Å². The zero-order valence-corrected chi connectivity index (χ0v) is 11.8. The van der Waals surface area contributed by atoms with Gasteiger partial charge in [-0.25, -0.2) is 4.40 Å². The fourth-order valence-electron chi connectivity index (χ4n) is 2.09. The minimum atomic E-state index is -0.180. The van der Waals surface area contributed by atoms with Crippen LogP contribution in [0.1, 0.15) is 11.5 Å². The van der Waals surface area contributed by atoms with Crippen LogP contribution in [0.5, 0.6) is 0 Å². The van der Waals surface area contributed by atoms with Gasteiger partial charge in [-0.15, -0.1) is 10.2 Å². The number of nitrogens with zero attached hydrogens (tertiary/aromatic N) is 3. The lowest BCUT2D eigenvalue weighted by Crippen LogP contribution is -2.23. The van der Waals surface area contributed by atoms with E-state index in [4.69, 9.17) is 8.83 Å². The first-order valence-electron chi connectivity index (χ1n) is 6.22. The van der Waals surface area contributed by atoms with E-state index in [1.807, 2.05) is 19.1 Å². The van der Waals surface area contributed by atoms with Crippen LogP contribution in [-0.4, -0.2) is 14.6 Å². The predicted molar refractivity (Wildman–Crippen MR) is 77.1 cm³/mol. The van der Waals surface area contributed by atoms with E-state index in [-0.39, 0.29) is 5.56 Å². The number of rotatable bonds is 2. The van der Waals surface area contributed by atoms with Crippen molar-refractivity contribution in [2.45, 2.75) is 6.92 Å². The summed E-state index contributed by atoms with van der Waals surface area (Å²) >= 11 is 1.27. The molecule has 4 aromatic heterocycles. The molecule has 6 nitrogen and oxygen atoms in total. The SMILES string of the molecule is Cc1ccc(C=c2sc3nnc(-c4ccco4)n3c2=O)o1. The van der Waals surface area contributed by atoms with Crippen LogP contribution < -0.4 is 10.1 Å². The number of hydrogen-bond acceptors (Lipinski definition) is 6. The molecular weight excluding hydrogens is 290 g/mol. The summed E-state index contributed by atoms with van der Waals surface area (Å²) in [5.74, 6) is 2.36. The van der Waals surface area contributed by atoms with E-state index in [0.717, 1.165) is 5.76 Å². The molecule has 0 fully saturated rings. The minimum Gasteiger partial charge on any atom is -0.462 e. The topological polar surface area (TPSA) is 73.5 Å². The molecule has 0 atom stereocenters. The molecule has 0 amide bonds. The third kappa shape index (κ3) is 1.90. The molecule has 4 rings (SSSR count). The first kappa shape index (κ1) is 12.1. The van der Waals surface area contributed by atoms with Crippen LogP contribution in [0.15, 0.2) is 44.2 Å². The molecule has 7 heteroatoms. The van der Waals surface area contributed by atoms with Gasteiger partial charge in [0.2, 0.25) is 10.8 Å². The maximum Gasteiger partial charge on any atom is 0.276 e. The number of thiazole rings is 1. The Balaban J connectivity index is 1.96. The number of furan rings is 2.